The topological polar surface area (TPSA) is 15.3 Å². The van der Waals surface area contributed by atoms with Crippen molar-refractivity contribution in [3.8, 4) is 0 Å². The van der Waals surface area contributed by atoms with Crippen molar-refractivity contribution >= 4 is 11.8 Å². The third kappa shape index (κ3) is 1.55. The van der Waals surface area contributed by atoms with Crippen molar-refractivity contribution in [3.63, 3.8) is 0 Å². The van der Waals surface area contributed by atoms with Crippen LogP contribution in [0.5, 0.6) is 0 Å². The molecule has 64 valence electrons. The summed E-state index contributed by atoms with van der Waals surface area (Å²) in [4.78, 5) is 2.56. The van der Waals surface area contributed by atoms with Crippen molar-refractivity contribution in [1.29, 1.82) is 0 Å². The number of nitrogens with zero attached hydrogens (tertiary/aromatic N) is 1. The highest BCUT2D eigenvalue weighted by Gasteiger charge is 2.35. The van der Waals surface area contributed by atoms with Crippen molar-refractivity contribution in [2.24, 2.45) is 5.92 Å². The molecule has 2 nitrogen and oxygen atoms in total. The van der Waals surface area contributed by atoms with E-state index in [4.69, 9.17) is 0 Å². The largest absolute Gasteiger partial charge is 0.312 e. The Balaban J connectivity index is 1.84. The Labute approximate surface area is 72.7 Å². The predicted octanol–water partition coefficient (Wildman–Crippen LogP) is 0.601. The highest BCUT2D eigenvalue weighted by Crippen LogP contribution is 2.24. The second-order valence-electron chi connectivity index (χ2n) is 3.56. The van der Waals surface area contributed by atoms with Crippen LogP contribution < -0.4 is 5.32 Å². The van der Waals surface area contributed by atoms with Gasteiger partial charge in [0.15, 0.2) is 0 Å². The van der Waals surface area contributed by atoms with E-state index in [2.05, 4.69) is 16.5 Å². The van der Waals surface area contributed by atoms with Crippen LogP contribution in [0.3, 0.4) is 0 Å². The molecule has 0 spiro atoms. The van der Waals surface area contributed by atoms with E-state index < -0.39 is 0 Å². The van der Waals surface area contributed by atoms with Crippen LogP contribution in [0.4, 0.5) is 0 Å². The van der Waals surface area contributed by atoms with Crippen molar-refractivity contribution < 1.29 is 0 Å². The molecule has 1 N–H and O–H groups in total. The average Bonchev–Trinajstić information content (AvgIpc) is 2.46. The minimum atomic E-state index is 0.821. The van der Waals surface area contributed by atoms with Crippen molar-refractivity contribution in [2.45, 2.75) is 12.5 Å². The van der Waals surface area contributed by atoms with Gasteiger partial charge in [0.05, 0.1) is 0 Å². The fourth-order valence-electron chi connectivity index (χ4n) is 2.23. The molecule has 0 aromatic rings. The normalized spacial score (nSPS) is 37.9. The fraction of sp³-hybridized carbons (Fsp3) is 1.00. The van der Waals surface area contributed by atoms with E-state index in [1.54, 1.807) is 0 Å². The van der Waals surface area contributed by atoms with E-state index in [1.165, 1.54) is 31.9 Å². The van der Waals surface area contributed by atoms with E-state index in [9.17, 15) is 0 Å². The number of rotatable bonds is 2. The first-order chi connectivity index (χ1) is 5.40. The van der Waals surface area contributed by atoms with Crippen LogP contribution in [0.15, 0.2) is 0 Å². The summed E-state index contributed by atoms with van der Waals surface area (Å²) in [6, 6.07) is 0.821. The highest BCUT2D eigenvalue weighted by molar-refractivity contribution is 7.98. The lowest BCUT2D eigenvalue weighted by atomic mass is 10.1. The zero-order valence-corrected chi connectivity index (χ0v) is 7.86. The summed E-state index contributed by atoms with van der Waals surface area (Å²) in [7, 11) is 0. The van der Waals surface area contributed by atoms with Gasteiger partial charge in [-0.2, -0.15) is 0 Å². The van der Waals surface area contributed by atoms with Gasteiger partial charge in [0.1, 0.15) is 0 Å². The lowest BCUT2D eigenvalue weighted by Crippen LogP contribution is -2.29. The second-order valence-corrected chi connectivity index (χ2v) is 4.40. The third-order valence-corrected chi connectivity index (χ3v) is 3.37. The molecule has 0 amide bonds. The van der Waals surface area contributed by atoms with E-state index in [0.717, 1.165) is 12.0 Å². The number of thioether (sulfide) groups is 1. The van der Waals surface area contributed by atoms with Gasteiger partial charge in [-0.1, -0.05) is 0 Å². The third-order valence-electron chi connectivity index (χ3n) is 2.75. The molecule has 11 heavy (non-hydrogen) atoms. The highest BCUT2D eigenvalue weighted by atomic mass is 32.2. The molecule has 2 saturated heterocycles. The quantitative estimate of drug-likeness (QED) is 0.656. The molecule has 2 unspecified atom stereocenters. The molecular formula is C8H16N2S. The average molecular weight is 172 g/mol. The summed E-state index contributed by atoms with van der Waals surface area (Å²) in [6.07, 6.45) is 3.58. The summed E-state index contributed by atoms with van der Waals surface area (Å²) in [5.41, 5.74) is 0. The molecule has 0 bridgehead atoms. The fourth-order valence-corrected chi connectivity index (χ4v) is 2.80. The van der Waals surface area contributed by atoms with Crippen molar-refractivity contribution in [2.75, 3.05) is 31.8 Å². The van der Waals surface area contributed by atoms with Gasteiger partial charge in [-0.3, -0.25) is 4.90 Å². The minimum absolute atomic E-state index is 0.821. The van der Waals surface area contributed by atoms with Crippen LogP contribution in [0.1, 0.15) is 6.42 Å². The number of nitrogens with one attached hydrogen (secondary N) is 1. The molecule has 2 heterocycles. The molecule has 0 aliphatic carbocycles. The Morgan fingerprint density at radius 2 is 2.45 bits per heavy atom. The molecule has 2 fully saturated rings. The van der Waals surface area contributed by atoms with Gasteiger partial charge in [-0.25, -0.2) is 0 Å². The Morgan fingerprint density at radius 3 is 3.18 bits per heavy atom. The molecule has 0 saturated carbocycles. The summed E-state index contributed by atoms with van der Waals surface area (Å²) in [6.45, 7) is 3.87. The predicted molar refractivity (Wildman–Crippen MR) is 49.9 cm³/mol. The van der Waals surface area contributed by atoms with Crippen molar-refractivity contribution in [1.82, 2.24) is 10.2 Å². The van der Waals surface area contributed by atoms with Crippen LogP contribution in [-0.2, 0) is 0 Å². The van der Waals surface area contributed by atoms with Crippen LogP contribution >= 0.6 is 11.8 Å². The maximum absolute atomic E-state index is 3.56. The van der Waals surface area contributed by atoms with E-state index in [1.807, 2.05) is 11.8 Å². The zero-order chi connectivity index (χ0) is 7.68. The number of hydrogen-bond donors (Lipinski definition) is 1. The molecule has 2 aliphatic rings. The number of likely N-dealkylation sites (tertiary alicyclic amines) is 1. The van der Waals surface area contributed by atoms with Crippen LogP contribution in [-0.4, -0.2) is 42.7 Å². The second kappa shape index (κ2) is 3.33. The van der Waals surface area contributed by atoms with Gasteiger partial charge in [0.2, 0.25) is 0 Å². The molecule has 3 heteroatoms. The molecule has 0 aromatic carbocycles. The first kappa shape index (κ1) is 7.90. The minimum Gasteiger partial charge on any atom is -0.312 e. The smallest absolute Gasteiger partial charge is 0.0442 e. The summed E-state index contributed by atoms with van der Waals surface area (Å²) < 4.78 is 0. The molecule has 2 atom stereocenters. The Morgan fingerprint density at radius 1 is 1.55 bits per heavy atom. The first-order valence-corrected chi connectivity index (χ1v) is 5.74. The van der Waals surface area contributed by atoms with Crippen LogP contribution in [0.25, 0.3) is 0 Å². The Bertz CT molecular complexity index is 128. The lowest BCUT2D eigenvalue weighted by Gasteiger charge is -2.14. The monoisotopic (exact) mass is 172 g/mol. The first-order valence-electron chi connectivity index (χ1n) is 4.35. The standard InChI is InChI=1S/C8H16N2S/c1-11-6-10-4-7-2-3-9-8(7)5-10/h7-9H,2-6H2,1H3. The lowest BCUT2D eigenvalue weighted by molar-refractivity contribution is 0.368. The maximum Gasteiger partial charge on any atom is 0.0442 e. The van der Waals surface area contributed by atoms with Gasteiger partial charge in [-0.05, 0) is 25.1 Å². The number of fused-ring (bicyclic) bond motifs is 1. The van der Waals surface area contributed by atoms with E-state index in [0.29, 0.717) is 0 Å². The van der Waals surface area contributed by atoms with Gasteiger partial charge in [0, 0.05) is 25.0 Å². The maximum atomic E-state index is 3.56. The van der Waals surface area contributed by atoms with Gasteiger partial charge >= 0.3 is 0 Å². The Kier molecular flexibility index (Phi) is 2.39. The van der Waals surface area contributed by atoms with Gasteiger partial charge < -0.3 is 5.32 Å². The Hall–Kier alpha value is 0.270. The molecule has 0 aromatic heterocycles. The van der Waals surface area contributed by atoms with Crippen LogP contribution in [0.2, 0.25) is 0 Å². The summed E-state index contributed by atoms with van der Waals surface area (Å²) in [5, 5.41) is 3.56. The molecule has 2 aliphatic heterocycles. The zero-order valence-electron chi connectivity index (χ0n) is 7.05. The van der Waals surface area contributed by atoms with Crippen molar-refractivity contribution in [3.05, 3.63) is 0 Å². The molecule has 2 rings (SSSR count). The van der Waals surface area contributed by atoms with E-state index in [-0.39, 0.29) is 0 Å². The van der Waals surface area contributed by atoms with Gasteiger partial charge in [-0.15, -0.1) is 11.8 Å². The van der Waals surface area contributed by atoms with Crippen LogP contribution in [0, 0.1) is 5.92 Å². The van der Waals surface area contributed by atoms with E-state index >= 15 is 0 Å². The van der Waals surface area contributed by atoms with Gasteiger partial charge in [0.25, 0.3) is 0 Å². The number of hydrogen-bond acceptors (Lipinski definition) is 3. The summed E-state index contributed by atoms with van der Waals surface area (Å²) in [5.74, 6) is 2.18. The molecular weight excluding hydrogens is 156 g/mol. The summed E-state index contributed by atoms with van der Waals surface area (Å²) >= 11 is 1.94. The SMILES string of the molecule is CSCN1CC2CCNC2C1. The molecule has 0 radical (unpaired) electrons.